The lowest BCUT2D eigenvalue weighted by Gasteiger charge is -2.11. The van der Waals surface area contributed by atoms with Crippen LogP contribution in [0.2, 0.25) is 0 Å². The third-order valence-corrected chi connectivity index (χ3v) is 4.22. The highest BCUT2D eigenvalue weighted by Gasteiger charge is 2.28. The first-order valence-corrected chi connectivity index (χ1v) is 6.94. The molecular weight excluding hydrogens is 248 g/mol. The maximum absolute atomic E-state index is 4.43. The second kappa shape index (κ2) is 4.34. The Labute approximate surface area is 117 Å². The molecule has 20 heavy (non-hydrogen) atoms. The monoisotopic (exact) mass is 264 g/mol. The molecule has 4 nitrogen and oxygen atoms in total. The van der Waals surface area contributed by atoms with Crippen molar-refractivity contribution in [2.24, 2.45) is 7.05 Å². The molecule has 2 aromatic heterocycles. The molecular formula is C16H16N4. The minimum atomic E-state index is 0.396. The van der Waals surface area contributed by atoms with Gasteiger partial charge in [-0.3, -0.25) is 4.68 Å². The maximum atomic E-state index is 4.43. The van der Waals surface area contributed by atoms with Gasteiger partial charge in [0.1, 0.15) is 5.82 Å². The summed E-state index contributed by atoms with van der Waals surface area (Å²) in [6.07, 6.45) is 7.81. The van der Waals surface area contributed by atoms with Crippen LogP contribution in [0.1, 0.15) is 29.3 Å². The van der Waals surface area contributed by atoms with E-state index < -0.39 is 0 Å². The molecule has 0 saturated carbocycles. The summed E-state index contributed by atoms with van der Waals surface area (Å²) in [5.74, 6) is 1.47. The Morgan fingerprint density at radius 1 is 1.25 bits per heavy atom. The van der Waals surface area contributed by atoms with Gasteiger partial charge in [-0.25, -0.2) is 4.98 Å². The quantitative estimate of drug-likeness (QED) is 0.773. The van der Waals surface area contributed by atoms with Gasteiger partial charge in [0.05, 0.1) is 5.69 Å². The molecule has 1 aliphatic carbocycles. The van der Waals surface area contributed by atoms with Crippen molar-refractivity contribution in [3.8, 4) is 11.3 Å². The van der Waals surface area contributed by atoms with Crippen LogP contribution < -0.4 is 0 Å². The lowest BCUT2D eigenvalue weighted by atomic mass is 9.97. The Hall–Kier alpha value is -2.36. The number of nitrogens with one attached hydrogen (secondary N) is 1. The second-order valence-electron chi connectivity index (χ2n) is 5.28. The smallest absolute Gasteiger partial charge is 0.113 e. The van der Waals surface area contributed by atoms with Crippen LogP contribution in [0.4, 0.5) is 0 Å². The van der Waals surface area contributed by atoms with Gasteiger partial charge in [0.2, 0.25) is 0 Å². The number of fused-ring (bicyclic) bond motifs is 1. The highest BCUT2D eigenvalue weighted by molar-refractivity contribution is 5.67. The maximum Gasteiger partial charge on any atom is 0.113 e. The fourth-order valence-electron chi connectivity index (χ4n) is 3.28. The van der Waals surface area contributed by atoms with Crippen LogP contribution in [0.5, 0.6) is 0 Å². The van der Waals surface area contributed by atoms with E-state index in [1.54, 1.807) is 0 Å². The molecule has 1 aliphatic rings. The van der Waals surface area contributed by atoms with E-state index in [9.17, 15) is 0 Å². The molecule has 1 unspecified atom stereocenters. The van der Waals surface area contributed by atoms with Gasteiger partial charge in [-0.1, -0.05) is 18.2 Å². The number of aromatic amines is 1. The van der Waals surface area contributed by atoms with Gasteiger partial charge in [-0.15, -0.1) is 0 Å². The van der Waals surface area contributed by atoms with Gasteiger partial charge in [0.25, 0.3) is 0 Å². The Balaban J connectivity index is 1.85. The van der Waals surface area contributed by atoms with Gasteiger partial charge in [0.15, 0.2) is 0 Å². The van der Waals surface area contributed by atoms with Crippen LogP contribution in [0.25, 0.3) is 11.3 Å². The van der Waals surface area contributed by atoms with Crippen molar-refractivity contribution in [3.05, 3.63) is 59.8 Å². The highest BCUT2D eigenvalue weighted by atomic mass is 15.3. The second-order valence-corrected chi connectivity index (χ2v) is 5.28. The fourth-order valence-corrected chi connectivity index (χ4v) is 3.28. The summed E-state index contributed by atoms with van der Waals surface area (Å²) in [5, 5.41) is 4.29. The first kappa shape index (κ1) is 11.5. The molecule has 0 aliphatic heterocycles. The summed E-state index contributed by atoms with van der Waals surface area (Å²) in [4.78, 5) is 7.69. The number of nitrogens with zero attached hydrogens (tertiary/aromatic N) is 3. The minimum absolute atomic E-state index is 0.396. The molecule has 2 heterocycles. The molecule has 4 rings (SSSR count). The number of aromatic nitrogens is 4. The lowest BCUT2D eigenvalue weighted by Crippen LogP contribution is -1.99. The Kier molecular flexibility index (Phi) is 2.49. The number of H-pyrrole nitrogens is 1. The standard InChI is InChI=1S/C16H16N4/c1-20-15(7-8-19-20)13-4-2-3-11-12(13)5-6-14(11)16-17-9-10-18-16/h2-4,7-10,14H,5-6H2,1H3,(H,17,18). The third-order valence-electron chi connectivity index (χ3n) is 4.22. The van der Waals surface area contributed by atoms with Crippen LogP contribution in [0, 0.1) is 0 Å². The first-order chi connectivity index (χ1) is 9.84. The van der Waals surface area contributed by atoms with Gasteiger partial charge in [-0.05, 0) is 30.0 Å². The summed E-state index contributed by atoms with van der Waals surface area (Å²) >= 11 is 0. The van der Waals surface area contributed by atoms with Crippen molar-refractivity contribution < 1.29 is 0 Å². The molecule has 1 N–H and O–H groups in total. The molecule has 0 saturated heterocycles. The SMILES string of the molecule is Cn1nccc1-c1cccc2c1CCC2c1ncc[nH]1. The third kappa shape index (κ3) is 1.61. The van der Waals surface area contributed by atoms with Gasteiger partial charge in [0, 0.05) is 37.1 Å². The van der Waals surface area contributed by atoms with Crippen LogP contribution in [0.3, 0.4) is 0 Å². The number of hydrogen-bond acceptors (Lipinski definition) is 2. The molecule has 0 spiro atoms. The topological polar surface area (TPSA) is 46.5 Å². The molecule has 1 aromatic carbocycles. The Morgan fingerprint density at radius 2 is 2.20 bits per heavy atom. The zero-order valence-corrected chi connectivity index (χ0v) is 11.4. The predicted molar refractivity (Wildman–Crippen MR) is 77.4 cm³/mol. The normalized spacial score (nSPS) is 17.4. The van der Waals surface area contributed by atoms with E-state index >= 15 is 0 Å². The molecule has 1 atom stereocenters. The fraction of sp³-hybridized carbons (Fsp3) is 0.250. The Bertz CT molecular complexity index is 740. The highest BCUT2D eigenvalue weighted by Crippen LogP contribution is 2.41. The van der Waals surface area contributed by atoms with Crippen molar-refractivity contribution in [1.82, 2.24) is 19.7 Å². The summed E-state index contributed by atoms with van der Waals surface area (Å²) in [5.41, 5.74) is 5.33. The molecule has 0 amide bonds. The first-order valence-electron chi connectivity index (χ1n) is 6.94. The van der Waals surface area contributed by atoms with Crippen molar-refractivity contribution in [2.45, 2.75) is 18.8 Å². The minimum Gasteiger partial charge on any atom is -0.348 e. The van der Waals surface area contributed by atoms with E-state index in [1.165, 1.54) is 22.4 Å². The van der Waals surface area contributed by atoms with E-state index in [0.717, 1.165) is 18.7 Å². The van der Waals surface area contributed by atoms with E-state index in [4.69, 9.17) is 0 Å². The zero-order chi connectivity index (χ0) is 13.5. The van der Waals surface area contributed by atoms with Crippen LogP contribution in [-0.2, 0) is 13.5 Å². The lowest BCUT2D eigenvalue weighted by molar-refractivity contribution is 0.741. The van der Waals surface area contributed by atoms with Crippen LogP contribution >= 0.6 is 0 Å². The average Bonchev–Trinajstić information content (AvgIpc) is 3.17. The molecule has 100 valence electrons. The summed E-state index contributed by atoms with van der Waals surface area (Å²) in [6.45, 7) is 0. The molecule has 3 aromatic rings. The molecule has 4 heteroatoms. The number of rotatable bonds is 2. The van der Waals surface area contributed by atoms with Crippen molar-refractivity contribution in [1.29, 1.82) is 0 Å². The largest absolute Gasteiger partial charge is 0.348 e. The zero-order valence-electron chi connectivity index (χ0n) is 11.4. The number of benzene rings is 1. The van der Waals surface area contributed by atoms with Gasteiger partial charge < -0.3 is 4.98 Å². The van der Waals surface area contributed by atoms with E-state index in [2.05, 4.69) is 39.3 Å². The Morgan fingerprint density at radius 3 is 2.95 bits per heavy atom. The average molecular weight is 264 g/mol. The number of hydrogen-bond donors (Lipinski definition) is 1. The van der Waals surface area contributed by atoms with Crippen molar-refractivity contribution in [2.75, 3.05) is 0 Å². The van der Waals surface area contributed by atoms with E-state index in [1.807, 2.05) is 30.3 Å². The van der Waals surface area contributed by atoms with Gasteiger partial charge >= 0.3 is 0 Å². The number of aryl methyl sites for hydroxylation is 1. The van der Waals surface area contributed by atoms with Crippen LogP contribution in [-0.4, -0.2) is 19.7 Å². The van der Waals surface area contributed by atoms with E-state index in [-0.39, 0.29) is 0 Å². The number of imidazole rings is 1. The summed E-state index contributed by atoms with van der Waals surface area (Å²) in [7, 11) is 1.99. The van der Waals surface area contributed by atoms with Gasteiger partial charge in [-0.2, -0.15) is 5.10 Å². The predicted octanol–water partition coefficient (Wildman–Crippen LogP) is 2.89. The molecule has 0 bridgehead atoms. The van der Waals surface area contributed by atoms with Crippen molar-refractivity contribution >= 4 is 0 Å². The van der Waals surface area contributed by atoms with Crippen LogP contribution in [0.15, 0.2) is 42.9 Å². The van der Waals surface area contributed by atoms with Crippen molar-refractivity contribution in [3.63, 3.8) is 0 Å². The molecule has 0 fully saturated rings. The molecule has 0 radical (unpaired) electrons. The summed E-state index contributed by atoms with van der Waals surface area (Å²) < 4.78 is 1.94. The van der Waals surface area contributed by atoms with E-state index in [0.29, 0.717) is 5.92 Å². The summed E-state index contributed by atoms with van der Waals surface area (Å²) in [6, 6.07) is 8.65.